The van der Waals surface area contributed by atoms with Gasteiger partial charge in [0.05, 0.1) is 0 Å². The van der Waals surface area contributed by atoms with Crippen LogP contribution in [0.15, 0.2) is 11.6 Å². The quantitative estimate of drug-likeness (QED) is 0.579. The van der Waals surface area contributed by atoms with Crippen molar-refractivity contribution in [2.75, 3.05) is 26.3 Å². The van der Waals surface area contributed by atoms with Crippen LogP contribution >= 0.6 is 11.3 Å². The Kier molecular flexibility index (Phi) is 6.74. The first-order valence-electron chi connectivity index (χ1n) is 8.33. The van der Waals surface area contributed by atoms with E-state index in [2.05, 4.69) is 4.98 Å². The summed E-state index contributed by atoms with van der Waals surface area (Å²) in [5.74, 6) is 0.310. The molecular formula is C17H26N2O4S. The molecule has 6 nitrogen and oxygen atoms in total. The Morgan fingerprint density at radius 3 is 2.88 bits per heavy atom. The van der Waals surface area contributed by atoms with Gasteiger partial charge in [-0.2, -0.15) is 0 Å². The van der Waals surface area contributed by atoms with Crippen molar-refractivity contribution in [1.82, 2.24) is 9.88 Å². The highest BCUT2D eigenvalue weighted by molar-refractivity contribution is 7.11. The van der Waals surface area contributed by atoms with Crippen LogP contribution in [0.4, 0.5) is 4.79 Å². The summed E-state index contributed by atoms with van der Waals surface area (Å²) in [5, 5.41) is 2.27. The largest absolute Gasteiger partial charge is 0.444 e. The fraction of sp³-hybridized carbons (Fsp3) is 0.706. The normalized spacial score (nSPS) is 18.5. The summed E-state index contributed by atoms with van der Waals surface area (Å²) >= 11 is 1.33. The lowest BCUT2D eigenvalue weighted by Gasteiger charge is -2.34. The van der Waals surface area contributed by atoms with Gasteiger partial charge in [0.15, 0.2) is 5.01 Å². The predicted molar refractivity (Wildman–Crippen MR) is 92.4 cm³/mol. The number of likely N-dealkylation sites (tertiary alicyclic amines) is 1. The Balaban J connectivity index is 1.67. The van der Waals surface area contributed by atoms with E-state index < -0.39 is 5.60 Å². The van der Waals surface area contributed by atoms with Gasteiger partial charge in [-0.1, -0.05) is 0 Å². The Bertz CT molecular complexity index is 539. The van der Waals surface area contributed by atoms with Crippen molar-refractivity contribution in [3.05, 3.63) is 16.6 Å². The summed E-state index contributed by atoms with van der Waals surface area (Å²) < 4.78 is 10.9. The van der Waals surface area contributed by atoms with Crippen LogP contribution in [0.25, 0.3) is 0 Å². The number of hydrogen-bond donors (Lipinski definition) is 0. The molecular weight excluding hydrogens is 328 g/mol. The van der Waals surface area contributed by atoms with Crippen molar-refractivity contribution in [2.24, 2.45) is 5.92 Å². The number of piperidine rings is 1. The first kappa shape index (κ1) is 18.9. The van der Waals surface area contributed by atoms with Gasteiger partial charge >= 0.3 is 6.09 Å². The summed E-state index contributed by atoms with van der Waals surface area (Å²) in [7, 11) is 0. The topological polar surface area (TPSA) is 68.7 Å². The maximum atomic E-state index is 12.1. The van der Waals surface area contributed by atoms with Crippen molar-refractivity contribution in [2.45, 2.75) is 45.6 Å². The molecule has 0 aliphatic carbocycles. The molecule has 0 bridgehead atoms. The Morgan fingerprint density at radius 1 is 1.42 bits per heavy atom. The highest BCUT2D eigenvalue weighted by Gasteiger charge is 2.27. The number of Topliss-reactive ketones (excluding diaryl/α,β-unsaturated/α-hetero) is 1. The number of ketones is 1. The van der Waals surface area contributed by atoms with E-state index in [0.29, 0.717) is 24.1 Å². The van der Waals surface area contributed by atoms with E-state index in [4.69, 9.17) is 9.47 Å². The number of ether oxygens (including phenoxy) is 2. The minimum absolute atomic E-state index is 0.0655. The molecule has 1 amide bonds. The van der Waals surface area contributed by atoms with Crippen molar-refractivity contribution < 1.29 is 19.1 Å². The molecule has 24 heavy (non-hydrogen) atoms. The van der Waals surface area contributed by atoms with E-state index in [1.165, 1.54) is 11.3 Å². The Labute approximate surface area is 147 Å². The van der Waals surface area contributed by atoms with E-state index in [1.54, 1.807) is 16.5 Å². The highest BCUT2D eigenvalue weighted by atomic mass is 32.1. The molecule has 0 spiro atoms. The molecule has 1 unspecified atom stereocenters. The zero-order valence-electron chi connectivity index (χ0n) is 14.6. The zero-order chi connectivity index (χ0) is 17.6. The van der Waals surface area contributed by atoms with Gasteiger partial charge in [-0.15, -0.1) is 11.3 Å². The van der Waals surface area contributed by atoms with Crippen molar-refractivity contribution in [1.29, 1.82) is 0 Å². The van der Waals surface area contributed by atoms with Crippen LogP contribution in [0.2, 0.25) is 0 Å². The van der Waals surface area contributed by atoms with Crippen LogP contribution in [0, 0.1) is 5.92 Å². The van der Waals surface area contributed by atoms with Crippen LogP contribution in [-0.2, 0) is 9.47 Å². The third kappa shape index (κ3) is 6.20. The third-order valence-electron chi connectivity index (χ3n) is 3.75. The molecule has 0 saturated carbocycles. The van der Waals surface area contributed by atoms with Crippen LogP contribution in [0.1, 0.15) is 49.8 Å². The summed E-state index contributed by atoms with van der Waals surface area (Å²) in [4.78, 5) is 29.7. The number of hydrogen-bond acceptors (Lipinski definition) is 6. The maximum Gasteiger partial charge on any atom is 0.410 e. The second-order valence-corrected chi connectivity index (χ2v) is 7.93. The number of thiazole rings is 1. The second kappa shape index (κ2) is 8.58. The molecule has 0 aromatic carbocycles. The van der Waals surface area contributed by atoms with E-state index >= 15 is 0 Å². The summed E-state index contributed by atoms with van der Waals surface area (Å²) in [5.41, 5.74) is -0.469. The van der Waals surface area contributed by atoms with Crippen LogP contribution in [0.3, 0.4) is 0 Å². The van der Waals surface area contributed by atoms with Gasteiger partial charge < -0.3 is 14.4 Å². The van der Waals surface area contributed by atoms with Crippen molar-refractivity contribution in [3.63, 3.8) is 0 Å². The van der Waals surface area contributed by atoms with Crippen molar-refractivity contribution >= 4 is 23.2 Å². The smallest absolute Gasteiger partial charge is 0.410 e. The molecule has 1 aliphatic heterocycles. The van der Waals surface area contributed by atoms with Gasteiger partial charge in [0.1, 0.15) is 12.2 Å². The molecule has 0 radical (unpaired) electrons. The van der Waals surface area contributed by atoms with Gasteiger partial charge in [0.25, 0.3) is 0 Å². The minimum Gasteiger partial charge on any atom is -0.444 e. The van der Waals surface area contributed by atoms with Crippen LogP contribution in [0.5, 0.6) is 0 Å². The van der Waals surface area contributed by atoms with E-state index in [1.807, 2.05) is 20.8 Å². The third-order valence-corrected chi connectivity index (χ3v) is 4.56. The van der Waals surface area contributed by atoms with E-state index in [-0.39, 0.29) is 18.5 Å². The Morgan fingerprint density at radius 2 is 2.21 bits per heavy atom. The molecule has 1 fully saturated rings. The minimum atomic E-state index is -0.469. The van der Waals surface area contributed by atoms with Gasteiger partial charge in [-0.05, 0) is 46.0 Å². The molecule has 2 heterocycles. The number of carbonyl (C=O) groups is 2. The number of nitrogens with zero attached hydrogens (tertiary/aromatic N) is 2. The molecule has 1 aliphatic rings. The van der Waals surface area contributed by atoms with Crippen LogP contribution < -0.4 is 0 Å². The standard InChI is InChI=1S/C17H26N2O4S/c1-17(2,3)23-16(21)19-8-4-5-13(11-19)6-9-22-12-14(20)15-18-7-10-24-15/h7,10,13H,4-6,8-9,11-12H2,1-3H3. The maximum absolute atomic E-state index is 12.1. The zero-order valence-corrected chi connectivity index (χ0v) is 15.4. The van der Waals surface area contributed by atoms with Gasteiger partial charge in [0, 0.05) is 31.3 Å². The number of carbonyl (C=O) groups excluding carboxylic acids is 2. The molecule has 134 valence electrons. The molecule has 1 aromatic heterocycles. The first-order chi connectivity index (χ1) is 11.3. The summed E-state index contributed by atoms with van der Waals surface area (Å²) in [6.07, 6.45) is 4.26. The van der Waals surface area contributed by atoms with Gasteiger partial charge in [-0.25, -0.2) is 9.78 Å². The average Bonchev–Trinajstić information content (AvgIpc) is 3.04. The van der Waals surface area contributed by atoms with E-state index in [9.17, 15) is 9.59 Å². The average molecular weight is 354 g/mol. The lowest BCUT2D eigenvalue weighted by molar-refractivity contribution is 0.0141. The molecule has 1 saturated heterocycles. The number of rotatable bonds is 6. The molecule has 1 atom stereocenters. The second-order valence-electron chi connectivity index (χ2n) is 7.04. The lowest BCUT2D eigenvalue weighted by atomic mass is 9.95. The molecule has 2 rings (SSSR count). The lowest BCUT2D eigenvalue weighted by Crippen LogP contribution is -2.43. The monoisotopic (exact) mass is 354 g/mol. The van der Waals surface area contributed by atoms with Crippen molar-refractivity contribution in [3.8, 4) is 0 Å². The summed E-state index contributed by atoms with van der Waals surface area (Å²) in [6, 6.07) is 0. The summed E-state index contributed by atoms with van der Waals surface area (Å²) in [6.45, 7) is 7.65. The molecule has 7 heteroatoms. The molecule has 0 N–H and O–H groups in total. The SMILES string of the molecule is CC(C)(C)OC(=O)N1CCCC(CCOCC(=O)c2nccs2)C1. The van der Waals surface area contributed by atoms with Gasteiger partial charge in [0.2, 0.25) is 5.78 Å². The highest BCUT2D eigenvalue weighted by Crippen LogP contribution is 2.21. The van der Waals surface area contributed by atoms with Crippen LogP contribution in [-0.4, -0.2) is 53.7 Å². The predicted octanol–water partition coefficient (Wildman–Crippen LogP) is 3.38. The number of aromatic nitrogens is 1. The van der Waals surface area contributed by atoms with E-state index in [0.717, 1.165) is 25.8 Å². The fourth-order valence-corrected chi connectivity index (χ4v) is 3.19. The first-order valence-corrected chi connectivity index (χ1v) is 9.21. The molecule has 1 aromatic rings. The van der Waals surface area contributed by atoms with Gasteiger partial charge in [-0.3, -0.25) is 4.79 Å². The fourth-order valence-electron chi connectivity index (χ4n) is 2.63. The Hall–Kier alpha value is -1.47. The number of amides is 1.